The summed E-state index contributed by atoms with van der Waals surface area (Å²) in [5.41, 5.74) is 9.89. The van der Waals surface area contributed by atoms with Crippen molar-refractivity contribution in [2.75, 3.05) is 13.7 Å². The Kier molecular flexibility index (Phi) is 13.5. The third-order valence-corrected chi connectivity index (χ3v) is 9.74. The van der Waals surface area contributed by atoms with E-state index < -0.39 is 0 Å². The molecule has 2 aromatic rings. The molecule has 2 aromatic carbocycles. The lowest BCUT2D eigenvalue weighted by Crippen LogP contribution is -2.13. The second kappa shape index (κ2) is 16.6. The first kappa shape index (κ1) is 34.2. The van der Waals surface area contributed by atoms with E-state index in [1.165, 1.54) is 90.3 Å². The molecule has 0 saturated carbocycles. The highest BCUT2D eigenvalue weighted by Crippen LogP contribution is 2.45. The van der Waals surface area contributed by atoms with Gasteiger partial charge >= 0.3 is 0 Å². The van der Waals surface area contributed by atoms with Crippen molar-refractivity contribution in [1.82, 2.24) is 0 Å². The molecule has 42 heavy (non-hydrogen) atoms. The predicted molar refractivity (Wildman–Crippen MR) is 180 cm³/mol. The van der Waals surface area contributed by atoms with Crippen LogP contribution in [0.15, 0.2) is 29.8 Å². The van der Waals surface area contributed by atoms with E-state index in [9.17, 15) is 5.11 Å². The molecule has 3 heteroatoms. The first-order chi connectivity index (χ1) is 20.0. The van der Waals surface area contributed by atoms with Crippen LogP contribution in [-0.4, -0.2) is 18.8 Å². The van der Waals surface area contributed by atoms with Crippen molar-refractivity contribution in [2.24, 2.45) is 17.8 Å². The number of hydrogen-bond acceptors (Lipinski definition) is 3. The maximum absolute atomic E-state index is 10.3. The maximum atomic E-state index is 10.3. The minimum atomic E-state index is -0.0647. The molecule has 3 rings (SSSR count). The van der Waals surface area contributed by atoms with Gasteiger partial charge in [0.1, 0.15) is 11.5 Å². The standard InChI is InChI=1S/C39H60O3/c1-26(2)13-10-14-27(3)15-11-16-28(4)17-12-18-29(5)23-24-42-32(8)36-25-38(41-9)31(7)34-20-19-33-30(6)37(40)22-21-35(33)39(34)36/h21-23,25-28,32,40H,10-20,24H2,1-9H3/b29-23+/t27-,28-,32-/m1/s1. The molecular weight excluding hydrogens is 516 g/mol. The van der Waals surface area contributed by atoms with E-state index in [2.05, 4.69) is 66.7 Å². The van der Waals surface area contributed by atoms with Gasteiger partial charge < -0.3 is 14.6 Å². The summed E-state index contributed by atoms with van der Waals surface area (Å²) in [6.07, 6.45) is 16.1. The van der Waals surface area contributed by atoms with Gasteiger partial charge in [-0.15, -0.1) is 0 Å². The van der Waals surface area contributed by atoms with Crippen LogP contribution >= 0.6 is 0 Å². The fourth-order valence-electron chi connectivity index (χ4n) is 6.78. The van der Waals surface area contributed by atoms with Crippen LogP contribution in [0.5, 0.6) is 11.5 Å². The van der Waals surface area contributed by atoms with E-state index in [0.717, 1.165) is 48.3 Å². The fraction of sp³-hybridized carbons (Fsp3) is 0.641. The zero-order chi connectivity index (χ0) is 30.8. The van der Waals surface area contributed by atoms with Gasteiger partial charge in [0, 0.05) is 0 Å². The number of rotatable bonds is 17. The zero-order valence-electron chi connectivity index (χ0n) is 28.4. The molecule has 0 aliphatic heterocycles. The molecule has 1 N–H and O–H groups in total. The van der Waals surface area contributed by atoms with Crippen LogP contribution in [-0.2, 0) is 17.6 Å². The largest absolute Gasteiger partial charge is 0.508 e. The number of allylic oxidation sites excluding steroid dienone is 1. The summed E-state index contributed by atoms with van der Waals surface area (Å²) in [6, 6.07) is 6.08. The number of phenolic OH excluding ortho intramolecular Hbond substituents is 1. The van der Waals surface area contributed by atoms with Crippen molar-refractivity contribution in [1.29, 1.82) is 0 Å². The molecule has 234 valence electrons. The lowest BCUT2D eigenvalue weighted by Gasteiger charge is -2.29. The highest BCUT2D eigenvalue weighted by Gasteiger charge is 2.27. The number of fused-ring (bicyclic) bond motifs is 3. The third kappa shape index (κ3) is 9.37. The van der Waals surface area contributed by atoms with Gasteiger partial charge in [-0.25, -0.2) is 0 Å². The maximum Gasteiger partial charge on any atom is 0.122 e. The van der Waals surface area contributed by atoms with Crippen LogP contribution in [0, 0.1) is 31.6 Å². The van der Waals surface area contributed by atoms with Crippen LogP contribution in [0.25, 0.3) is 11.1 Å². The molecular formula is C39H60O3. The van der Waals surface area contributed by atoms with Gasteiger partial charge in [-0.2, -0.15) is 0 Å². The molecule has 0 amide bonds. The van der Waals surface area contributed by atoms with Crippen molar-refractivity contribution in [3.63, 3.8) is 0 Å². The lowest BCUT2D eigenvalue weighted by atomic mass is 9.78. The molecule has 0 fully saturated rings. The molecule has 0 spiro atoms. The van der Waals surface area contributed by atoms with Gasteiger partial charge in [0.15, 0.2) is 0 Å². The number of methoxy groups -OCH3 is 1. The number of ether oxygens (including phenoxy) is 2. The normalized spacial score (nSPS) is 15.3. The van der Waals surface area contributed by atoms with Crippen LogP contribution in [0.4, 0.5) is 0 Å². The number of aromatic hydroxyl groups is 1. The van der Waals surface area contributed by atoms with E-state index in [4.69, 9.17) is 9.47 Å². The summed E-state index contributed by atoms with van der Waals surface area (Å²) in [6.45, 7) is 18.8. The zero-order valence-corrected chi connectivity index (χ0v) is 28.4. The van der Waals surface area contributed by atoms with Crippen LogP contribution < -0.4 is 4.74 Å². The number of phenols is 1. The first-order valence-corrected chi connectivity index (χ1v) is 16.8. The van der Waals surface area contributed by atoms with Crippen molar-refractivity contribution in [3.05, 3.63) is 57.7 Å². The predicted octanol–water partition coefficient (Wildman–Crippen LogP) is 11.2. The average molecular weight is 577 g/mol. The lowest BCUT2D eigenvalue weighted by molar-refractivity contribution is 0.0883. The second-order valence-corrected chi connectivity index (χ2v) is 13.8. The Hall–Kier alpha value is -2.26. The highest BCUT2D eigenvalue weighted by molar-refractivity contribution is 5.80. The highest BCUT2D eigenvalue weighted by atomic mass is 16.5. The Labute approximate surface area is 258 Å². The van der Waals surface area contributed by atoms with Crippen molar-refractivity contribution >= 4 is 0 Å². The van der Waals surface area contributed by atoms with Crippen LogP contribution in [0.2, 0.25) is 0 Å². The molecule has 3 atom stereocenters. The Morgan fingerprint density at radius 1 is 0.857 bits per heavy atom. The quantitative estimate of drug-likeness (QED) is 0.190. The second-order valence-electron chi connectivity index (χ2n) is 13.8. The van der Waals surface area contributed by atoms with Crippen molar-refractivity contribution in [2.45, 2.75) is 132 Å². The first-order valence-electron chi connectivity index (χ1n) is 16.8. The minimum Gasteiger partial charge on any atom is -0.508 e. The van der Waals surface area contributed by atoms with Gasteiger partial charge in [0.05, 0.1) is 19.8 Å². The van der Waals surface area contributed by atoms with Gasteiger partial charge in [-0.1, -0.05) is 90.4 Å². The van der Waals surface area contributed by atoms with E-state index in [1.54, 1.807) is 7.11 Å². The molecule has 1 aliphatic rings. The molecule has 0 saturated heterocycles. The van der Waals surface area contributed by atoms with E-state index in [0.29, 0.717) is 12.4 Å². The summed E-state index contributed by atoms with van der Waals surface area (Å²) in [5.74, 6) is 3.84. The molecule has 0 bridgehead atoms. The molecule has 3 nitrogen and oxygen atoms in total. The summed E-state index contributed by atoms with van der Waals surface area (Å²) >= 11 is 0. The van der Waals surface area contributed by atoms with Gasteiger partial charge in [0.25, 0.3) is 0 Å². The number of benzene rings is 2. The summed E-state index contributed by atoms with van der Waals surface area (Å²) in [5, 5.41) is 10.3. The number of hydrogen-bond donors (Lipinski definition) is 1. The van der Waals surface area contributed by atoms with Crippen molar-refractivity contribution in [3.8, 4) is 22.6 Å². The smallest absolute Gasteiger partial charge is 0.122 e. The van der Waals surface area contributed by atoms with Gasteiger partial charge in [0.2, 0.25) is 0 Å². The van der Waals surface area contributed by atoms with Crippen molar-refractivity contribution < 1.29 is 14.6 Å². The summed E-state index contributed by atoms with van der Waals surface area (Å²) in [7, 11) is 1.76. The Balaban J connectivity index is 1.51. The van der Waals surface area contributed by atoms with Crippen LogP contribution in [0.1, 0.15) is 133 Å². The third-order valence-electron chi connectivity index (χ3n) is 9.74. The minimum absolute atomic E-state index is 0.0647. The van der Waals surface area contributed by atoms with E-state index in [1.807, 2.05) is 13.0 Å². The van der Waals surface area contributed by atoms with E-state index >= 15 is 0 Å². The average Bonchev–Trinajstić information content (AvgIpc) is 2.94. The fourth-order valence-corrected chi connectivity index (χ4v) is 6.78. The van der Waals surface area contributed by atoms with Crippen LogP contribution in [0.3, 0.4) is 0 Å². The molecule has 0 unspecified atom stereocenters. The molecule has 0 heterocycles. The molecule has 0 radical (unpaired) electrons. The Bertz CT molecular complexity index is 1170. The monoisotopic (exact) mass is 576 g/mol. The topological polar surface area (TPSA) is 38.7 Å². The SMILES string of the molecule is COc1cc([C@@H](C)OC/C=C(\C)CCC[C@H](C)CCC[C@H](C)CCCC(C)C)c2c(c1C)CCc1c-2ccc(O)c1C. The van der Waals surface area contributed by atoms with Gasteiger partial charge in [-0.05, 0) is 122 Å². The Morgan fingerprint density at radius 2 is 1.48 bits per heavy atom. The summed E-state index contributed by atoms with van der Waals surface area (Å²) in [4.78, 5) is 0. The Morgan fingerprint density at radius 3 is 2.12 bits per heavy atom. The van der Waals surface area contributed by atoms with E-state index in [-0.39, 0.29) is 6.10 Å². The summed E-state index contributed by atoms with van der Waals surface area (Å²) < 4.78 is 12.2. The molecule has 1 aliphatic carbocycles. The van der Waals surface area contributed by atoms with Gasteiger partial charge in [-0.3, -0.25) is 0 Å². The molecule has 0 aromatic heterocycles.